The van der Waals surface area contributed by atoms with Crippen LogP contribution in [-0.2, 0) is 4.79 Å². The van der Waals surface area contributed by atoms with E-state index in [2.05, 4.69) is 31.1 Å². The smallest absolute Gasteiger partial charge is 0.257 e. The van der Waals surface area contributed by atoms with Gasteiger partial charge in [0.25, 0.3) is 5.88 Å². The number of hydrogen-bond donors (Lipinski definition) is 1. The van der Waals surface area contributed by atoms with Crippen LogP contribution < -0.4 is 15.0 Å². The maximum absolute atomic E-state index is 12.8. The van der Waals surface area contributed by atoms with Gasteiger partial charge in [0.15, 0.2) is 5.82 Å². The first-order valence-electron chi connectivity index (χ1n) is 9.26. The van der Waals surface area contributed by atoms with Crippen molar-refractivity contribution in [1.29, 1.82) is 0 Å². The van der Waals surface area contributed by atoms with Gasteiger partial charge in [-0.25, -0.2) is 9.97 Å². The predicted molar refractivity (Wildman–Crippen MR) is 114 cm³/mol. The van der Waals surface area contributed by atoms with Crippen LogP contribution in [0.1, 0.15) is 12.8 Å². The maximum atomic E-state index is 12.8. The number of anilines is 2. The van der Waals surface area contributed by atoms with E-state index >= 15 is 0 Å². The van der Waals surface area contributed by atoms with Crippen LogP contribution in [0.3, 0.4) is 0 Å². The lowest BCUT2D eigenvalue weighted by Crippen LogP contribution is -2.41. The Kier molecular flexibility index (Phi) is 5.43. The summed E-state index contributed by atoms with van der Waals surface area (Å²) in [5.41, 5.74) is 2.41. The number of aromatic nitrogens is 2. The summed E-state index contributed by atoms with van der Waals surface area (Å²) in [4.78, 5) is 24.2. The number of nitrogens with one attached hydrogen (secondary N) is 1. The quantitative estimate of drug-likeness (QED) is 0.656. The number of fused-ring (bicyclic) bond motifs is 1. The molecule has 1 saturated heterocycles. The summed E-state index contributed by atoms with van der Waals surface area (Å²) in [5.74, 6) is 1.10. The fourth-order valence-corrected chi connectivity index (χ4v) is 3.74. The molecule has 0 bridgehead atoms. The van der Waals surface area contributed by atoms with Crippen LogP contribution in [0, 0.1) is 5.92 Å². The summed E-state index contributed by atoms with van der Waals surface area (Å²) < 4.78 is 6.47. The lowest BCUT2D eigenvalue weighted by atomic mass is 9.97. The van der Waals surface area contributed by atoms with Crippen molar-refractivity contribution < 1.29 is 9.53 Å². The molecule has 0 radical (unpaired) electrons. The number of rotatable bonds is 4. The Morgan fingerprint density at radius 2 is 1.86 bits per heavy atom. The molecule has 6 nitrogen and oxygen atoms in total. The van der Waals surface area contributed by atoms with E-state index in [4.69, 9.17) is 9.72 Å². The molecule has 7 heteroatoms. The molecule has 0 spiro atoms. The number of nitrogens with zero attached hydrogens (tertiary/aromatic N) is 3. The van der Waals surface area contributed by atoms with Crippen molar-refractivity contribution in [1.82, 2.24) is 9.97 Å². The second-order valence-corrected chi connectivity index (χ2v) is 7.74. The van der Waals surface area contributed by atoms with E-state index in [1.54, 1.807) is 7.11 Å². The summed E-state index contributed by atoms with van der Waals surface area (Å²) in [5, 5.41) is 3.02. The van der Waals surface area contributed by atoms with Gasteiger partial charge in [-0.3, -0.25) is 4.79 Å². The summed E-state index contributed by atoms with van der Waals surface area (Å²) in [6, 6.07) is 15.3. The van der Waals surface area contributed by atoms with E-state index in [0.717, 1.165) is 40.6 Å². The van der Waals surface area contributed by atoms with E-state index < -0.39 is 0 Å². The first kappa shape index (κ1) is 18.7. The fraction of sp³-hybridized carbons (Fsp3) is 0.286. The van der Waals surface area contributed by atoms with Crippen LogP contribution in [0.2, 0.25) is 0 Å². The van der Waals surface area contributed by atoms with E-state index in [0.29, 0.717) is 18.2 Å². The molecule has 0 aliphatic carbocycles. The Morgan fingerprint density at radius 3 is 2.57 bits per heavy atom. The van der Waals surface area contributed by atoms with Crippen molar-refractivity contribution >= 4 is 44.4 Å². The lowest BCUT2D eigenvalue weighted by molar-refractivity contribution is -0.120. The SMILES string of the molecule is COc1nc2ccccc2nc1N1CCC[C@H](C(=O)Nc2ccc(Br)cc2)C1. The molecule has 1 fully saturated rings. The monoisotopic (exact) mass is 440 g/mol. The van der Waals surface area contributed by atoms with Gasteiger partial charge in [0.05, 0.1) is 24.1 Å². The number of hydrogen-bond acceptors (Lipinski definition) is 5. The standard InChI is InChI=1S/C21H21BrN4O2/c1-28-21-19(24-17-6-2-3-7-18(17)25-21)26-12-4-5-14(13-26)20(27)23-16-10-8-15(22)9-11-16/h2-3,6-11,14H,4-5,12-13H2,1H3,(H,23,27)/t14-/m0/s1. The van der Waals surface area contributed by atoms with Gasteiger partial charge in [0, 0.05) is 23.2 Å². The largest absolute Gasteiger partial charge is 0.478 e. The molecule has 4 rings (SSSR count). The number of ether oxygens (including phenoxy) is 1. The maximum Gasteiger partial charge on any atom is 0.257 e. The van der Waals surface area contributed by atoms with E-state index in [9.17, 15) is 4.79 Å². The molecule has 144 valence electrons. The van der Waals surface area contributed by atoms with Crippen molar-refractivity contribution in [2.45, 2.75) is 12.8 Å². The van der Waals surface area contributed by atoms with Crippen LogP contribution >= 0.6 is 15.9 Å². The average molecular weight is 441 g/mol. The topological polar surface area (TPSA) is 67.4 Å². The molecule has 0 saturated carbocycles. The van der Waals surface area contributed by atoms with Crippen LogP contribution in [0.25, 0.3) is 11.0 Å². The van der Waals surface area contributed by atoms with E-state index in [-0.39, 0.29) is 11.8 Å². The van der Waals surface area contributed by atoms with Gasteiger partial charge in [0.1, 0.15) is 0 Å². The van der Waals surface area contributed by atoms with Gasteiger partial charge in [-0.05, 0) is 49.2 Å². The Morgan fingerprint density at radius 1 is 1.14 bits per heavy atom. The lowest BCUT2D eigenvalue weighted by Gasteiger charge is -2.33. The highest BCUT2D eigenvalue weighted by molar-refractivity contribution is 9.10. The minimum atomic E-state index is -0.115. The Hall–Kier alpha value is -2.67. The summed E-state index contributed by atoms with van der Waals surface area (Å²) in [6.07, 6.45) is 1.76. The zero-order valence-electron chi connectivity index (χ0n) is 15.6. The highest BCUT2D eigenvalue weighted by Crippen LogP contribution is 2.30. The van der Waals surface area contributed by atoms with Crippen molar-refractivity contribution in [2.75, 3.05) is 30.4 Å². The highest BCUT2D eigenvalue weighted by Gasteiger charge is 2.28. The van der Waals surface area contributed by atoms with Crippen LogP contribution in [0.15, 0.2) is 53.0 Å². The van der Waals surface area contributed by atoms with E-state index in [1.165, 1.54) is 0 Å². The van der Waals surface area contributed by atoms with Crippen LogP contribution in [-0.4, -0.2) is 36.1 Å². The summed E-state index contributed by atoms with van der Waals surface area (Å²) in [6.45, 7) is 1.41. The van der Waals surface area contributed by atoms with Gasteiger partial charge in [-0.2, -0.15) is 0 Å². The van der Waals surface area contributed by atoms with Crippen LogP contribution in [0.5, 0.6) is 5.88 Å². The third-order valence-corrected chi connectivity index (χ3v) is 5.45. The Labute approximate surface area is 172 Å². The molecular weight excluding hydrogens is 420 g/mol. The number of methoxy groups -OCH3 is 1. The molecule has 0 unspecified atom stereocenters. The van der Waals surface area contributed by atoms with Gasteiger partial charge >= 0.3 is 0 Å². The fourth-order valence-electron chi connectivity index (χ4n) is 3.48. The van der Waals surface area contributed by atoms with Crippen molar-refractivity contribution in [3.8, 4) is 5.88 Å². The first-order chi connectivity index (χ1) is 13.6. The second-order valence-electron chi connectivity index (χ2n) is 6.83. The number of carbonyl (C=O) groups is 1. The van der Waals surface area contributed by atoms with Crippen molar-refractivity contribution in [2.24, 2.45) is 5.92 Å². The normalized spacial score (nSPS) is 16.8. The number of halogens is 1. The second kappa shape index (κ2) is 8.14. The molecule has 2 heterocycles. The highest BCUT2D eigenvalue weighted by atomic mass is 79.9. The predicted octanol–water partition coefficient (Wildman–Crippen LogP) is 4.26. The average Bonchev–Trinajstić information content (AvgIpc) is 2.74. The zero-order chi connectivity index (χ0) is 19.5. The Balaban J connectivity index is 1.54. The third kappa shape index (κ3) is 3.94. The molecule has 3 aromatic rings. The molecule has 1 aromatic heterocycles. The first-order valence-corrected chi connectivity index (χ1v) is 10.1. The molecule has 28 heavy (non-hydrogen) atoms. The third-order valence-electron chi connectivity index (χ3n) is 4.92. The Bertz CT molecular complexity index is 993. The number of benzene rings is 2. The molecule has 1 atom stereocenters. The van der Waals surface area contributed by atoms with Gasteiger partial charge in [-0.1, -0.05) is 28.1 Å². The van der Waals surface area contributed by atoms with Gasteiger partial charge < -0.3 is 15.0 Å². The number of para-hydroxylation sites is 2. The minimum absolute atomic E-state index is 0.0275. The molecule has 1 amide bonds. The minimum Gasteiger partial charge on any atom is -0.478 e. The van der Waals surface area contributed by atoms with Crippen molar-refractivity contribution in [3.63, 3.8) is 0 Å². The molecule has 1 aliphatic rings. The zero-order valence-corrected chi connectivity index (χ0v) is 17.1. The summed E-state index contributed by atoms with van der Waals surface area (Å²) in [7, 11) is 1.60. The molecule has 1 aliphatic heterocycles. The molecule has 1 N–H and O–H groups in total. The van der Waals surface area contributed by atoms with Gasteiger partial charge in [-0.15, -0.1) is 0 Å². The molecule has 2 aromatic carbocycles. The van der Waals surface area contributed by atoms with E-state index in [1.807, 2.05) is 48.5 Å². The number of amides is 1. The number of carbonyl (C=O) groups excluding carboxylic acids is 1. The van der Waals surface area contributed by atoms with Crippen LogP contribution in [0.4, 0.5) is 11.5 Å². The number of piperidine rings is 1. The van der Waals surface area contributed by atoms with Crippen molar-refractivity contribution in [3.05, 3.63) is 53.0 Å². The molecular formula is C21H21BrN4O2. The summed E-state index contributed by atoms with van der Waals surface area (Å²) >= 11 is 3.41. The van der Waals surface area contributed by atoms with Gasteiger partial charge in [0.2, 0.25) is 5.91 Å².